The normalized spacial score (nSPS) is 16.4. The fourth-order valence-corrected chi connectivity index (χ4v) is 3.62. The monoisotopic (exact) mass is 443 g/mol. The Kier molecular flexibility index (Phi) is 7.48. The molecule has 8 nitrogen and oxygen atoms in total. The first-order chi connectivity index (χ1) is 13.0. The van der Waals surface area contributed by atoms with Crippen LogP contribution in [0.1, 0.15) is 48.7 Å². The Morgan fingerprint density at radius 3 is 2.45 bits per heavy atom. The quantitative estimate of drug-likeness (QED) is 0.745. The van der Waals surface area contributed by atoms with Crippen LogP contribution in [-0.2, 0) is 6.54 Å². The number of hydrogen-bond acceptors (Lipinski definition) is 5. The van der Waals surface area contributed by atoms with Crippen LogP contribution < -0.4 is 16.6 Å². The molecule has 2 fully saturated rings. The number of H-pyrrole nitrogens is 1. The van der Waals surface area contributed by atoms with E-state index in [1.165, 1.54) is 4.57 Å². The molecule has 0 unspecified atom stereocenters. The van der Waals surface area contributed by atoms with Crippen LogP contribution >= 0.6 is 24.8 Å². The number of fused-ring (bicyclic) bond motifs is 1. The van der Waals surface area contributed by atoms with Gasteiger partial charge in [-0.2, -0.15) is 0 Å². The maximum atomic E-state index is 13.2. The molecule has 2 aliphatic rings. The van der Waals surface area contributed by atoms with Crippen LogP contribution in [0.25, 0.3) is 11.0 Å². The summed E-state index contributed by atoms with van der Waals surface area (Å²) in [6.07, 6.45) is 2.05. The lowest BCUT2D eigenvalue weighted by atomic mass is 10.1. The van der Waals surface area contributed by atoms with Gasteiger partial charge in [-0.3, -0.25) is 19.1 Å². The Morgan fingerprint density at radius 2 is 1.86 bits per heavy atom. The van der Waals surface area contributed by atoms with E-state index in [1.807, 2.05) is 13.8 Å². The molecule has 1 saturated heterocycles. The molecule has 3 heterocycles. The van der Waals surface area contributed by atoms with Crippen LogP contribution in [-0.4, -0.2) is 51.5 Å². The second-order valence-electron chi connectivity index (χ2n) is 7.87. The van der Waals surface area contributed by atoms with Crippen molar-refractivity contribution in [1.82, 2.24) is 24.8 Å². The van der Waals surface area contributed by atoms with Crippen LogP contribution in [0.2, 0.25) is 0 Å². The van der Waals surface area contributed by atoms with E-state index in [0.29, 0.717) is 36.8 Å². The zero-order valence-electron chi connectivity index (χ0n) is 16.6. The summed E-state index contributed by atoms with van der Waals surface area (Å²) in [6.45, 7) is 7.11. The fourth-order valence-electron chi connectivity index (χ4n) is 3.62. The van der Waals surface area contributed by atoms with Gasteiger partial charge in [-0.25, -0.2) is 9.78 Å². The van der Waals surface area contributed by atoms with Gasteiger partial charge in [0.05, 0.1) is 10.9 Å². The molecule has 1 aliphatic heterocycles. The van der Waals surface area contributed by atoms with Crippen molar-refractivity contribution < 1.29 is 4.79 Å². The summed E-state index contributed by atoms with van der Waals surface area (Å²) in [5.74, 6) is 0.354. The number of carbonyl (C=O) groups is 1. The smallest absolute Gasteiger partial charge is 0.330 e. The number of rotatable bonds is 4. The first-order valence-electron chi connectivity index (χ1n) is 9.63. The lowest BCUT2D eigenvalue weighted by Crippen LogP contribution is -2.46. The van der Waals surface area contributed by atoms with Gasteiger partial charge >= 0.3 is 5.69 Å². The van der Waals surface area contributed by atoms with E-state index in [9.17, 15) is 14.4 Å². The summed E-state index contributed by atoms with van der Waals surface area (Å²) in [6, 6.07) is 1.77. The third-order valence-electron chi connectivity index (χ3n) is 5.15. The van der Waals surface area contributed by atoms with Crippen molar-refractivity contribution in [2.24, 2.45) is 5.92 Å². The highest BCUT2D eigenvalue weighted by molar-refractivity contribution is 6.05. The maximum absolute atomic E-state index is 13.2. The minimum absolute atomic E-state index is 0. The third kappa shape index (κ3) is 4.65. The number of piperazine rings is 1. The number of amides is 1. The molecule has 2 aromatic heterocycles. The van der Waals surface area contributed by atoms with Gasteiger partial charge in [-0.05, 0) is 24.8 Å². The zero-order chi connectivity index (χ0) is 19.1. The minimum atomic E-state index is -0.539. The molecule has 2 aromatic rings. The van der Waals surface area contributed by atoms with Crippen molar-refractivity contribution in [3.63, 3.8) is 0 Å². The number of nitrogens with one attached hydrogen (secondary N) is 2. The van der Waals surface area contributed by atoms with E-state index in [2.05, 4.69) is 15.3 Å². The van der Waals surface area contributed by atoms with Crippen molar-refractivity contribution in [2.75, 3.05) is 26.2 Å². The van der Waals surface area contributed by atoms with E-state index in [-0.39, 0.29) is 42.0 Å². The van der Waals surface area contributed by atoms with E-state index < -0.39 is 11.2 Å². The third-order valence-corrected chi connectivity index (χ3v) is 5.15. The van der Waals surface area contributed by atoms with Gasteiger partial charge in [-0.15, -0.1) is 24.8 Å². The van der Waals surface area contributed by atoms with Crippen LogP contribution in [0.15, 0.2) is 15.7 Å². The Morgan fingerprint density at radius 1 is 1.21 bits per heavy atom. The van der Waals surface area contributed by atoms with Gasteiger partial charge in [0.1, 0.15) is 0 Å². The molecule has 1 amide bonds. The highest BCUT2D eigenvalue weighted by atomic mass is 35.5. The first-order valence-corrected chi connectivity index (χ1v) is 9.63. The van der Waals surface area contributed by atoms with Crippen LogP contribution in [0.3, 0.4) is 0 Å². The Labute approximate surface area is 180 Å². The summed E-state index contributed by atoms with van der Waals surface area (Å²) in [4.78, 5) is 47.1. The number of aromatic amines is 1. The molecule has 1 aliphatic carbocycles. The first kappa shape index (κ1) is 23.4. The fraction of sp³-hybridized carbons (Fsp3) is 0.579. The summed E-state index contributed by atoms with van der Waals surface area (Å²) in [7, 11) is 0. The number of carbonyl (C=O) groups excluding carboxylic acids is 1. The van der Waals surface area contributed by atoms with Gasteiger partial charge in [0.15, 0.2) is 5.65 Å². The number of hydrogen-bond donors (Lipinski definition) is 2. The maximum Gasteiger partial charge on any atom is 0.330 e. The van der Waals surface area contributed by atoms with Crippen molar-refractivity contribution in [3.8, 4) is 0 Å². The summed E-state index contributed by atoms with van der Waals surface area (Å²) >= 11 is 0. The number of halogens is 2. The summed E-state index contributed by atoms with van der Waals surface area (Å²) in [5.41, 5.74) is 0.497. The lowest BCUT2D eigenvalue weighted by molar-refractivity contribution is 0.0737. The topological polar surface area (TPSA) is 100 Å². The highest BCUT2D eigenvalue weighted by Crippen LogP contribution is 2.40. The lowest BCUT2D eigenvalue weighted by Gasteiger charge is -2.28. The van der Waals surface area contributed by atoms with Gasteiger partial charge < -0.3 is 10.2 Å². The van der Waals surface area contributed by atoms with Gasteiger partial charge in [-0.1, -0.05) is 13.8 Å². The second kappa shape index (κ2) is 9.28. The average molecular weight is 444 g/mol. The predicted molar refractivity (Wildman–Crippen MR) is 117 cm³/mol. The van der Waals surface area contributed by atoms with Crippen molar-refractivity contribution in [1.29, 1.82) is 0 Å². The molecule has 0 aromatic carbocycles. The Bertz CT molecular complexity index is 1010. The van der Waals surface area contributed by atoms with Crippen molar-refractivity contribution in [2.45, 2.75) is 39.2 Å². The predicted octanol–water partition coefficient (Wildman–Crippen LogP) is 1.51. The van der Waals surface area contributed by atoms with Crippen LogP contribution in [0, 0.1) is 5.92 Å². The van der Waals surface area contributed by atoms with E-state index >= 15 is 0 Å². The molecule has 0 atom stereocenters. The highest BCUT2D eigenvalue weighted by Gasteiger charge is 2.30. The van der Waals surface area contributed by atoms with Gasteiger partial charge in [0.2, 0.25) is 0 Å². The molecule has 0 bridgehead atoms. The zero-order valence-corrected chi connectivity index (χ0v) is 18.2. The van der Waals surface area contributed by atoms with Crippen molar-refractivity contribution in [3.05, 3.63) is 38.2 Å². The summed E-state index contributed by atoms with van der Waals surface area (Å²) in [5, 5.41) is 3.45. The van der Waals surface area contributed by atoms with Gasteiger partial charge in [0, 0.05) is 44.3 Å². The molecule has 1 saturated carbocycles. The molecule has 0 spiro atoms. The van der Waals surface area contributed by atoms with Crippen molar-refractivity contribution >= 4 is 41.8 Å². The molecule has 2 N–H and O–H groups in total. The number of aromatic nitrogens is 3. The number of nitrogens with zero attached hydrogens (tertiary/aromatic N) is 3. The molecule has 0 radical (unpaired) electrons. The average Bonchev–Trinajstić information content (AvgIpc) is 3.49. The summed E-state index contributed by atoms with van der Waals surface area (Å²) < 4.78 is 1.50. The van der Waals surface area contributed by atoms with Gasteiger partial charge in [0.25, 0.3) is 11.5 Å². The molecular formula is C19H27Cl2N5O3. The number of pyridine rings is 1. The Hall–Kier alpha value is -1.90. The molecule has 160 valence electrons. The molecule has 10 heteroatoms. The van der Waals surface area contributed by atoms with E-state index in [1.54, 1.807) is 11.0 Å². The largest absolute Gasteiger partial charge is 0.336 e. The van der Waals surface area contributed by atoms with E-state index in [4.69, 9.17) is 0 Å². The van der Waals surface area contributed by atoms with E-state index in [0.717, 1.165) is 31.6 Å². The molecule has 4 rings (SSSR count). The Balaban J connectivity index is 0.00000150. The molecule has 29 heavy (non-hydrogen) atoms. The molecular weight excluding hydrogens is 417 g/mol. The van der Waals surface area contributed by atoms with Crippen LogP contribution in [0.5, 0.6) is 0 Å². The van der Waals surface area contributed by atoms with Crippen LogP contribution in [0.4, 0.5) is 0 Å². The minimum Gasteiger partial charge on any atom is -0.336 e. The standard InChI is InChI=1S/C19H25N5O3.2ClH/c1-11(2)10-24-16-15(17(25)22-19(24)27)13(9-14(21-16)12-3-4-12)18(26)23-7-5-20-6-8-23;;/h9,11-12,20H,3-8,10H2,1-2H3,(H,22,25,27);2*1H. The SMILES string of the molecule is CC(C)Cn1c(=O)[nH]c(=O)c2c(C(=O)N3CCNCC3)cc(C3CC3)nc21.Cl.Cl. The second-order valence-corrected chi connectivity index (χ2v) is 7.87.